The minimum absolute atomic E-state index is 0.0251. The molecule has 4 nitrogen and oxygen atoms in total. The first-order chi connectivity index (χ1) is 6.38. The second kappa shape index (κ2) is 3.77. The molecule has 0 bridgehead atoms. The molecule has 1 amide bonds. The number of aliphatic hydroxyl groups excluding tert-OH is 1. The summed E-state index contributed by atoms with van der Waals surface area (Å²) in [6.07, 6.45) is 0.702. The quantitative estimate of drug-likeness (QED) is 0.676. The maximum absolute atomic E-state index is 11.0. The fourth-order valence-electron chi connectivity index (χ4n) is 2.20. The van der Waals surface area contributed by atoms with Gasteiger partial charge >= 0.3 is 6.09 Å². The van der Waals surface area contributed by atoms with Crippen molar-refractivity contribution in [1.29, 1.82) is 0 Å². The third-order valence-corrected chi connectivity index (χ3v) is 2.93. The minimum Gasteiger partial charge on any atom is -0.465 e. The van der Waals surface area contributed by atoms with Crippen LogP contribution in [0.15, 0.2) is 0 Å². The Hall–Kier alpha value is -0.770. The summed E-state index contributed by atoms with van der Waals surface area (Å²) < 4.78 is 0. The fourth-order valence-corrected chi connectivity index (χ4v) is 2.20. The second-order valence-corrected chi connectivity index (χ2v) is 4.99. The normalized spacial score (nSPS) is 28.1. The number of carboxylic acid groups (broad SMARTS) is 1. The summed E-state index contributed by atoms with van der Waals surface area (Å²) in [7, 11) is 0. The molecule has 2 N–H and O–H groups in total. The van der Waals surface area contributed by atoms with Crippen LogP contribution in [0, 0.1) is 5.41 Å². The van der Waals surface area contributed by atoms with Gasteiger partial charge in [0.2, 0.25) is 0 Å². The topological polar surface area (TPSA) is 60.8 Å². The highest BCUT2D eigenvalue weighted by Crippen LogP contribution is 2.35. The fraction of sp³-hybridized carbons (Fsp3) is 0.900. The predicted octanol–water partition coefficient (Wildman–Crippen LogP) is 1.54. The first-order valence-corrected chi connectivity index (χ1v) is 5.00. The van der Waals surface area contributed by atoms with E-state index in [0.717, 1.165) is 12.8 Å². The Balaban J connectivity index is 2.84. The van der Waals surface area contributed by atoms with Gasteiger partial charge in [-0.05, 0) is 18.3 Å². The Bertz CT molecular complexity index is 222. The molecule has 0 radical (unpaired) electrons. The number of amides is 1. The van der Waals surface area contributed by atoms with E-state index in [1.807, 2.05) is 20.8 Å². The van der Waals surface area contributed by atoms with E-state index in [1.54, 1.807) is 0 Å². The van der Waals surface area contributed by atoms with Crippen LogP contribution in [-0.2, 0) is 0 Å². The molecule has 2 atom stereocenters. The molecule has 1 aliphatic rings. The van der Waals surface area contributed by atoms with Crippen LogP contribution in [0.1, 0.15) is 33.6 Å². The summed E-state index contributed by atoms with van der Waals surface area (Å²) in [5.74, 6) is 0. The van der Waals surface area contributed by atoms with Gasteiger partial charge in [-0.3, -0.25) is 4.90 Å². The molecule has 1 heterocycles. The lowest BCUT2D eigenvalue weighted by molar-refractivity contribution is 0.0694. The molecule has 0 aromatic carbocycles. The summed E-state index contributed by atoms with van der Waals surface area (Å²) in [5, 5.41) is 18.1. The molecule has 1 fully saturated rings. The zero-order chi connectivity index (χ0) is 10.9. The van der Waals surface area contributed by atoms with Gasteiger partial charge in [0.15, 0.2) is 0 Å². The molecule has 0 spiro atoms. The van der Waals surface area contributed by atoms with Crippen molar-refractivity contribution < 1.29 is 15.0 Å². The first kappa shape index (κ1) is 11.3. The van der Waals surface area contributed by atoms with Gasteiger partial charge in [0.25, 0.3) is 0 Å². The van der Waals surface area contributed by atoms with Gasteiger partial charge in [-0.1, -0.05) is 20.8 Å². The third-order valence-electron chi connectivity index (χ3n) is 2.93. The average Bonchev–Trinajstić information content (AvgIpc) is 2.45. The number of nitrogens with zero attached hydrogens (tertiary/aromatic N) is 1. The Labute approximate surface area is 84.5 Å². The van der Waals surface area contributed by atoms with Crippen molar-refractivity contribution in [2.75, 3.05) is 6.61 Å². The maximum Gasteiger partial charge on any atom is 0.407 e. The number of rotatable bonds is 1. The predicted molar refractivity (Wildman–Crippen MR) is 53.2 cm³/mol. The molecule has 82 valence electrons. The third kappa shape index (κ3) is 2.00. The van der Waals surface area contributed by atoms with Crippen LogP contribution >= 0.6 is 0 Å². The van der Waals surface area contributed by atoms with E-state index in [1.165, 1.54) is 4.90 Å². The van der Waals surface area contributed by atoms with E-state index in [-0.39, 0.29) is 24.1 Å². The first-order valence-electron chi connectivity index (χ1n) is 5.00. The van der Waals surface area contributed by atoms with Crippen molar-refractivity contribution in [3.63, 3.8) is 0 Å². The Morgan fingerprint density at radius 3 is 2.36 bits per heavy atom. The molecular weight excluding hydrogens is 182 g/mol. The molecule has 0 saturated carbocycles. The molecule has 2 unspecified atom stereocenters. The van der Waals surface area contributed by atoms with Crippen LogP contribution in [0.4, 0.5) is 4.79 Å². The van der Waals surface area contributed by atoms with Crippen LogP contribution < -0.4 is 0 Å². The van der Waals surface area contributed by atoms with Crippen LogP contribution in [0.25, 0.3) is 0 Å². The van der Waals surface area contributed by atoms with Gasteiger partial charge in [-0.15, -0.1) is 0 Å². The minimum atomic E-state index is -0.915. The maximum atomic E-state index is 11.0. The van der Waals surface area contributed by atoms with Gasteiger partial charge < -0.3 is 10.2 Å². The van der Waals surface area contributed by atoms with Crippen LogP contribution in [0.5, 0.6) is 0 Å². The van der Waals surface area contributed by atoms with Crippen molar-refractivity contribution in [3.05, 3.63) is 0 Å². The molecule has 1 aliphatic heterocycles. The van der Waals surface area contributed by atoms with Gasteiger partial charge in [-0.2, -0.15) is 0 Å². The van der Waals surface area contributed by atoms with Crippen LogP contribution in [0.3, 0.4) is 0 Å². The Morgan fingerprint density at radius 1 is 1.43 bits per heavy atom. The highest BCUT2D eigenvalue weighted by atomic mass is 16.4. The van der Waals surface area contributed by atoms with Gasteiger partial charge in [0.1, 0.15) is 0 Å². The van der Waals surface area contributed by atoms with Crippen molar-refractivity contribution in [3.8, 4) is 0 Å². The van der Waals surface area contributed by atoms with Crippen molar-refractivity contribution in [1.82, 2.24) is 4.90 Å². The van der Waals surface area contributed by atoms with Crippen LogP contribution in [0.2, 0.25) is 0 Å². The summed E-state index contributed by atoms with van der Waals surface area (Å²) >= 11 is 0. The zero-order valence-electron chi connectivity index (χ0n) is 9.03. The van der Waals surface area contributed by atoms with E-state index in [2.05, 4.69) is 0 Å². The Kier molecular flexibility index (Phi) is 3.04. The Morgan fingerprint density at radius 2 is 2.00 bits per heavy atom. The van der Waals surface area contributed by atoms with Gasteiger partial charge in [0.05, 0.1) is 12.6 Å². The van der Waals surface area contributed by atoms with E-state index in [4.69, 9.17) is 10.2 Å². The van der Waals surface area contributed by atoms with Crippen molar-refractivity contribution in [2.45, 2.75) is 45.7 Å². The highest BCUT2D eigenvalue weighted by Gasteiger charge is 2.42. The standard InChI is InChI=1S/C10H19NO3/c1-10(2,3)8-5-4-7(6-12)11(8)9(13)14/h7-8,12H,4-6H2,1-3H3,(H,13,14). The lowest BCUT2D eigenvalue weighted by Gasteiger charge is -2.35. The van der Waals surface area contributed by atoms with Crippen molar-refractivity contribution >= 4 is 6.09 Å². The number of aliphatic hydroxyl groups is 1. The molecule has 4 heteroatoms. The SMILES string of the molecule is CC(C)(C)C1CCC(CO)N1C(=O)O. The van der Waals surface area contributed by atoms with E-state index in [0.29, 0.717) is 0 Å². The van der Waals surface area contributed by atoms with Gasteiger partial charge in [-0.25, -0.2) is 4.79 Å². The van der Waals surface area contributed by atoms with E-state index >= 15 is 0 Å². The number of likely N-dealkylation sites (tertiary alicyclic amines) is 1. The van der Waals surface area contributed by atoms with Gasteiger partial charge in [0, 0.05) is 6.04 Å². The van der Waals surface area contributed by atoms with E-state index in [9.17, 15) is 4.79 Å². The number of hydrogen-bond acceptors (Lipinski definition) is 2. The number of hydrogen-bond donors (Lipinski definition) is 2. The molecule has 0 aromatic heterocycles. The summed E-state index contributed by atoms with van der Waals surface area (Å²) in [6.45, 7) is 6.03. The molecule has 1 saturated heterocycles. The average molecular weight is 201 g/mol. The molecule has 0 aromatic rings. The summed E-state index contributed by atoms with van der Waals surface area (Å²) in [5.41, 5.74) is -0.0533. The summed E-state index contributed by atoms with van der Waals surface area (Å²) in [6, 6.07) is -0.186. The smallest absolute Gasteiger partial charge is 0.407 e. The zero-order valence-corrected chi connectivity index (χ0v) is 9.03. The van der Waals surface area contributed by atoms with Crippen molar-refractivity contribution in [2.24, 2.45) is 5.41 Å². The second-order valence-electron chi connectivity index (χ2n) is 4.99. The lowest BCUT2D eigenvalue weighted by atomic mass is 9.85. The summed E-state index contributed by atoms with van der Waals surface area (Å²) in [4.78, 5) is 12.5. The molecular formula is C10H19NO3. The molecule has 14 heavy (non-hydrogen) atoms. The largest absolute Gasteiger partial charge is 0.465 e. The monoisotopic (exact) mass is 201 g/mol. The number of carbonyl (C=O) groups is 1. The van der Waals surface area contributed by atoms with E-state index < -0.39 is 6.09 Å². The molecule has 1 rings (SSSR count). The highest BCUT2D eigenvalue weighted by molar-refractivity contribution is 5.66. The lowest BCUT2D eigenvalue weighted by Crippen LogP contribution is -2.47. The molecule has 0 aliphatic carbocycles. The van der Waals surface area contributed by atoms with Crippen LogP contribution in [-0.4, -0.2) is 39.9 Å².